The minimum absolute atomic E-state index is 0.491. The summed E-state index contributed by atoms with van der Waals surface area (Å²) in [5, 5.41) is 0. The Morgan fingerprint density at radius 2 is 2.12 bits per heavy atom. The van der Waals surface area contributed by atoms with E-state index in [0.29, 0.717) is 12.0 Å². The van der Waals surface area contributed by atoms with Crippen molar-refractivity contribution in [3.63, 3.8) is 0 Å². The minimum atomic E-state index is 0.491. The third kappa shape index (κ3) is 2.00. The van der Waals surface area contributed by atoms with Gasteiger partial charge in [0.1, 0.15) is 0 Å². The SMILES string of the molecule is CN1c2ccc(Br)cc2CC2C=C(Br)C=CC21. The molecule has 0 saturated heterocycles. The van der Waals surface area contributed by atoms with Crippen LogP contribution >= 0.6 is 31.9 Å². The van der Waals surface area contributed by atoms with Gasteiger partial charge in [-0.25, -0.2) is 0 Å². The second-order valence-corrected chi connectivity index (χ2v) is 6.48. The summed E-state index contributed by atoms with van der Waals surface area (Å²) >= 11 is 7.12. The molecule has 0 saturated carbocycles. The molecule has 0 amide bonds. The number of fused-ring (bicyclic) bond motifs is 2. The lowest BCUT2D eigenvalue weighted by atomic mass is 9.83. The van der Waals surface area contributed by atoms with Gasteiger partial charge < -0.3 is 4.90 Å². The Bertz CT molecular complexity index is 519. The van der Waals surface area contributed by atoms with Gasteiger partial charge in [0.15, 0.2) is 0 Å². The van der Waals surface area contributed by atoms with Gasteiger partial charge in [-0.3, -0.25) is 0 Å². The molecule has 2 atom stereocenters. The van der Waals surface area contributed by atoms with Crippen LogP contribution in [-0.4, -0.2) is 13.1 Å². The first-order chi connectivity index (χ1) is 8.15. The monoisotopic (exact) mass is 353 g/mol. The number of hydrogen-bond acceptors (Lipinski definition) is 1. The molecule has 17 heavy (non-hydrogen) atoms. The smallest absolute Gasteiger partial charge is 0.0539 e. The van der Waals surface area contributed by atoms with Gasteiger partial charge in [0.05, 0.1) is 6.04 Å². The van der Waals surface area contributed by atoms with E-state index in [4.69, 9.17) is 0 Å². The van der Waals surface area contributed by atoms with E-state index in [1.807, 2.05) is 0 Å². The highest BCUT2D eigenvalue weighted by Crippen LogP contribution is 2.38. The number of rotatable bonds is 0. The fourth-order valence-corrected chi connectivity index (χ4v) is 3.66. The molecule has 2 unspecified atom stereocenters. The van der Waals surface area contributed by atoms with E-state index >= 15 is 0 Å². The average molecular weight is 355 g/mol. The maximum absolute atomic E-state index is 3.57. The average Bonchev–Trinajstić information content (AvgIpc) is 2.28. The molecule has 88 valence electrons. The molecule has 2 aliphatic rings. The maximum Gasteiger partial charge on any atom is 0.0539 e. The highest BCUT2D eigenvalue weighted by atomic mass is 79.9. The lowest BCUT2D eigenvalue weighted by Crippen LogP contribution is -2.41. The molecule has 0 bridgehead atoms. The van der Waals surface area contributed by atoms with E-state index in [-0.39, 0.29) is 0 Å². The molecule has 0 radical (unpaired) electrons. The second-order valence-electron chi connectivity index (χ2n) is 4.65. The van der Waals surface area contributed by atoms with Crippen LogP contribution in [0.25, 0.3) is 0 Å². The molecule has 1 aromatic carbocycles. The molecule has 1 nitrogen and oxygen atoms in total. The first-order valence-electron chi connectivity index (χ1n) is 5.72. The topological polar surface area (TPSA) is 3.24 Å². The summed E-state index contributed by atoms with van der Waals surface area (Å²) in [5.74, 6) is 0.571. The number of likely N-dealkylation sites (N-methyl/N-ethyl adjacent to an activating group) is 1. The van der Waals surface area contributed by atoms with E-state index in [1.165, 1.54) is 15.7 Å². The van der Waals surface area contributed by atoms with Crippen molar-refractivity contribution in [3.8, 4) is 0 Å². The highest BCUT2D eigenvalue weighted by Gasteiger charge is 2.30. The zero-order valence-electron chi connectivity index (χ0n) is 9.53. The molecule has 1 heterocycles. The van der Waals surface area contributed by atoms with E-state index in [1.54, 1.807) is 0 Å². The maximum atomic E-state index is 3.57. The molecule has 1 aliphatic heterocycles. The second kappa shape index (κ2) is 4.29. The van der Waals surface area contributed by atoms with Gasteiger partial charge in [0.25, 0.3) is 0 Å². The van der Waals surface area contributed by atoms with Crippen LogP contribution < -0.4 is 4.90 Å². The number of halogens is 2. The van der Waals surface area contributed by atoms with Gasteiger partial charge in [-0.05, 0) is 30.2 Å². The van der Waals surface area contributed by atoms with E-state index in [9.17, 15) is 0 Å². The van der Waals surface area contributed by atoms with Crippen LogP contribution in [0.2, 0.25) is 0 Å². The Morgan fingerprint density at radius 3 is 2.94 bits per heavy atom. The van der Waals surface area contributed by atoms with Crippen molar-refractivity contribution in [2.75, 3.05) is 11.9 Å². The van der Waals surface area contributed by atoms with Crippen LogP contribution in [0.5, 0.6) is 0 Å². The Kier molecular flexibility index (Phi) is 2.91. The van der Waals surface area contributed by atoms with Crippen LogP contribution in [-0.2, 0) is 6.42 Å². The van der Waals surface area contributed by atoms with Gasteiger partial charge in [-0.1, -0.05) is 50.1 Å². The molecule has 3 heteroatoms. The van der Waals surface area contributed by atoms with Gasteiger partial charge >= 0.3 is 0 Å². The number of nitrogens with zero attached hydrogens (tertiary/aromatic N) is 1. The number of anilines is 1. The van der Waals surface area contributed by atoms with Gasteiger partial charge in [-0.2, -0.15) is 0 Å². The summed E-state index contributed by atoms with van der Waals surface area (Å²) in [5.41, 5.74) is 2.78. The molecule has 0 aromatic heterocycles. The zero-order valence-corrected chi connectivity index (χ0v) is 12.7. The molecule has 0 fully saturated rings. The first-order valence-corrected chi connectivity index (χ1v) is 7.30. The molecule has 0 N–H and O–H groups in total. The molecular weight excluding hydrogens is 342 g/mol. The van der Waals surface area contributed by atoms with Crippen molar-refractivity contribution in [2.45, 2.75) is 12.5 Å². The molecular formula is C14H13Br2N. The van der Waals surface area contributed by atoms with Crippen molar-refractivity contribution in [2.24, 2.45) is 5.92 Å². The summed E-state index contributed by atoms with van der Waals surface area (Å²) in [7, 11) is 2.18. The van der Waals surface area contributed by atoms with Crippen LogP contribution in [0.3, 0.4) is 0 Å². The highest BCUT2D eigenvalue weighted by molar-refractivity contribution is 9.12. The Labute approximate surface area is 118 Å². The number of allylic oxidation sites excluding steroid dienone is 2. The summed E-state index contributed by atoms with van der Waals surface area (Å²) in [6.45, 7) is 0. The Morgan fingerprint density at radius 1 is 1.29 bits per heavy atom. The van der Waals surface area contributed by atoms with Crippen LogP contribution in [0.4, 0.5) is 5.69 Å². The van der Waals surface area contributed by atoms with Crippen molar-refractivity contribution in [3.05, 3.63) is 50.9 Å². The Balaban J connectivity index is 2.05. The van der Waals surface area contributed by atoms with E-state index in [2.05, 4.69) is 80.2 Å². The zero-order chi connectivity index (χ0) is 12.0. The summed E-state index contributed by atoms with van der Waals surface area (Å²) in [4.78, 5) is 2.38. The van der Waals surface area contributed by atoms with Crippen LogP contribution in [0.15, 0.2) is 45.4 Å². The van der Waals surface area contributed by atoms with Crippen molar-refractivity contribution < 1.29 is 0 Å². The fraction of sp³-hybridized carbons (Fsp3) is 0.286. The third-order valence-electron chi connectivity index (χ3n) is 3.59. The quantitative estimate of drug-likeness (QED) is 0.672. The molecule has 3 rings (SSSR count). The fourth-order valence-electron chi connectivity index (χ4n) is 2.76. The number of hydrogen-bond donors (Lipinski definition) is 0. The van der Waals surface area contributed by atoms with Crippen molar-refractivity contribution >= 4 is 37.5 Å². The minimum Gasteiger partial charge on any atom is -0.367 e. The largest absolute Gasteiger partial charge is 0.367 e. The van der Waals surface area contributed by atoms with Crippen LogP contribution in [0, 0.1) is 5.92 Å². The van der Waals surface area contributed by atoms with Gasteiger partial charge in [0, 0.05) is 27.6 Å². The standard InChI is InChI=1S/C14H13Br2N/c1-17-13-4-2-11(15)7-9(13)6-10-8-12(16)3-5-14(10)17/h2-5,7-9,13H,6H2,1H3. The lowest BCUT2D eigenvalue weighted by molar-refractivity contribution is 0.519. The molecule has 0 spiro atoms. The summed E-state index contributed by atoms with van der Waals surface area (Å²) in [6, 6.07) is 7.05. The predicted molar refractivity (Wildman–Crippen MR) is 79.7 cm³/mol. The normalized spacial score (nSPS) is 26.3. The van der Waals surface area contributed by atoms with E-state index < -0.39 is 0 Å². The van der Waals surface area contributed by atoms with Crippen molar-refractivity contribution in [1.29, 1.82) is 0 Å². The third-order valence-corrected chi connectivity index (χ3v) is 4.61. The van der Waals surface area contributed by atoms with Crippen LogP contribution in [0.1, 0.15) is 5.56 Å². The summed E-state index contributed by atoms with van der Waals surface area (Å²) in [6.07, 6.45) is 7.88. The number of benzene rings is 1. The molecule has 1 aromatic rings. The van der Waals surface area contributed by atoms with Crippen molar-refractivity contribution in [1.82, 2.24) is 0 Å². The van der Waals surface area contributed by atoms with Gasteiger partial charge in [0.2, 0.25) is 0 Å². The Hall–Kier alpha value is -0.540. The molecule has 1 aliphatic carbocycles. The lowest BCUT2D eigenvalue weighted by Gasteiger charge is -2.40. The predicted octanol–water partition coefficient (Wildman–Crippen LogP) is 4.27. The van der Waals surface area contributed by atoms with E-state index in [0.717, 1.165) is 10.9 Å². The summed E-state index contributed by atoms with van der Waals surface area (Å²) < 4.78 is 2.36. The first kappa shape index (κ1) is 11.5. The van der Waals surface area contributed by atoms with Gasteiger partial charge in [-0.15, -0.1) is 0 Å².